The summed E-state index contributed by atoms with van der Waals surface area (Å²) in [4.78, 5) is 5.08. The number of hydrogen-bond acceptors (Lipinski definition) is 4. The molecule has 1 aliphatic heterocycles. The molecule has 188 valence electrons. The molecule has 4 aromatic rings. The molecule has 1 heterocycles. The van der Waals surface area contributed by atoms with Crippen LogP contribution in [0.2, 0.25) is 0 Å². The van der Waals surface area contributed by atoms with Crippen molar-refractivity contribution in [2.45, 2.75) is 44.3 Å². The number of nitrogens with one attached hydrogen (secondary N) is 1. The highest BCUT2D eigenvalue weighted by Crippen LogP contribution is 2.46. The lowest BCUT2D eigenvalue weighted by molar-refractivity contribution is 0.497. The van der Waals surface area contributed by atoms with Gasteiger partial charge in [0.25, 0.3) is 10.0 Å². The largest absolute Gasteiger partial charge is 0.280 e. The molecule has 4 aromatic carbocycles. The molecule has 3 atom stereocenters. The van der Waals surface area contributed by atoms with Crippen molar-refractivity contribution in [1.29, 1.82) is 0 Å². The first kappa shape index (κ1) is 24.9. The van der Waals surface area contributed by atoms with Gasteiger partial charge in [-0.15, -0.1) is 0 Å². The van der Waals surface area contributed by atoms with E-state index in [-0.39, 0.29) is 17.0 Å². The molecule has 0 radical (unpaired) electrons. The van der Waals surface area contributed by atoms with Crippen LogP contribution in [0, 0.1) is 20.8 Å². The van der Waals surface area contributed by atoms with Crippen LogP contribution in [-0.4, -0.2) is 25.1 Å². The first-order chi connectivity index (χ1) is 17.8. The zero-order chi connectivity index (χ0) is 26.0. The lowest BCUT2D eigenvalue weighted by Crippen LogP contribution is -2.24. The molecule has 1 aliphatic rings. The third kappa shape index (κ3) is 5.66. The van der Waals surface area contributed by atoms with Crippen molar-refractivity contribution in [3.05, 3.63) is 137 Å². The number of hydrazone groups is 1. The number of hydrogen-bond donors (Lipinski definition) is 1. The Hall–Kier alpha value is -3.74. The van der Waals surface area contributed by atoms with Crippen LogP contribution in [0.4, 0.5) is 0 Å². The normalized spacial score (nSPS) is 19.4. The fourth-order valence-corrected chi connectivity index (χ4v) is 5.43. The molecule has 1 unspecified atom stereocenters. The Labute approximate surface area is 219 Å². The summed E-state index contributed by atoms with van der Waals surface area (Å²) in [6.45, 7) is 6.78. The van der Waals surface area contributed by atoms with Gasteiger partial charge in [0.15, 0.2) is 0 Å². The Kier molecular flexibility index (Phi) is 6.96. The molecular formula is C31H31N3O2S. The van der Waals surface area contributed by atoms with Crippen molar-refractivity contribution in [3.63, 3.8) is 0 Å². The Morgan fingerprint density at radius 2 is 1.30 bits per heavy atom. The third-order valence-corrected chi connectivity index (χ3v) is 8.02. The Bertz CT molecular complexity index is 1500. The summed E-state index contributed by atoms with van der Waals surface area (Å²) in [5, 5.41) is 4.58. The first-order valence-electron chi connectivity index (χ1n) is 12.4. The molecule has 0 amide bonds. The first-order valence-corrected chi connectivity index (χ1v) is 13.9. The van der Waals surface area contributed by atoms with E-state index in [0.29, 0.717) is 5.71 Å². The van der Waals surface area contributed by atoms with Gasteiger partial charge in [0, 0.05) is 6.54 Å². The lowest BCUT2D eigenvalue weighted by Gasteiger charge is -2.10. The number of sulfonamides is 1. The number of benzene rings is 4. The van der Waals surface area contributed by atoms with E-state index in [4.69, 9.17) is 0 Å². The summed E-state index contributed by atoms with van der Waals surface area (Å²) in [6, 6.07) is 33.8. The van der Waals surface area contributed by atoms with Crippen LogP contribution < -0.4 is 4.83 Å². The predicted octanol–water partition coefficient (Wildman–Crippen LogP) is 5.92. The molecule has 0 aliphatic carbocycles. The highest BCUT2D eigenvalue weighted by molar-refractivity contribution is 7.89. The van der Waals surface area contributed by atoms with Crippen LogP contribution in [0.15, 0.2) is 113 Å². The van der Waals surface area contributed by atoms with Crippen molar-refractivity contribution in [2.75, 3.05) is 0 Å². The smallest absolute Gasteiger partial charge is 0.276 e. The van der Waals surface area contributed by atoms with E-state index in [9.17, 15) is 8.42 Å². The van der Waals surface area contributed by atoms with Crippen molar-refractivity contribution in [2.24, 2.45) is 5.10 Å². The van der Waals surface area contributed by atoms with E-state index in [1.54, 1.807) is 24.3 Å². The maximum Gasteiger partial charge on any atom is 0.276 e. The van der Waals surface area contributed by atoms with E-state index in [1.807, 2.05) is 56.3 Å². The molecule has 1 N–H and O–H groups in total. The van der Waals surface area contributed by atoms with Gasteiger partial charge in [-0.25, -0.2) is 0 Å². The van der Waals surface area contributed by atoms with Gasteiger partial charge in [0.2, 0.25) is 0 Å². The van der Waals surface area contributed by atoms with Crippen LogP contribution in [0.1, 0.15) is 39.4 Å². The van der Waals surface area contributed by atoms with E-state index in [1.165, 1.54) is 16.7 Å². The van der Waals surface area contributed by atoms with Crippen LogP contribution in [0.5, 0.6) is 0 Å². The molecule has 0 bridgehead atoms. The van der Waals surface area contributed by atoms with Crippen molar-refractivity contribution >= 4 is 15.7 Å². The van der Waals surface area contributed by atoms with Gasteiger partial charge in [-0.05, 0) is 49.6 Å². The standard InChI is InChI=1S/C31H31N3O2S/c1-22-9-15-26(16-10-22)29(32-33-37(35,36)28-19-13-24(3)14-20-28)31-30(27-17-11-23(2)12-18-27)34(31)21-25-7-5-4-6-8-25/h4-20,30-31,33H,21H2,1-3H3/b32-29-/t30-,31+,34?/m0/s1. The SMILES string of the molecule is Cc1ccc(/C(=N/NS(=O)(=O)c2ccc(C)cc2)[C@@H]2[C@H](c3ccc(C)cc3)N2Cc2ccccc2)cc1. The summed E-state index contributed by atoms with van der Waals surface area (Å²) < 4.78 is 26.2. The fourth-order valence-electron chi connectivity index (χ4n) is 4.62. The van der Waals surface area contributed by atoms with Crippen molar-refractivity contribution in [3.8, 4) is 0 Å². The summed E-state index contributed by atoms with van der Waals surface area (Å²) in [5.74, 6) is 0. The minimum atomic E-state index is -3.81. The molecule has 0 aromatic heterocycles. The zero-order valence-corrected chi connectivity index (χ0v) is 22.1. The zero-order valence-electron chi connectivity index (χ0n) is 21.3. The van der Waals surface area contributed by atoms with Crippen LogP contribution >= 0.6 is 0 Å². The fraction of sp³-hybridized carbons (Fsp3) is 0.194. The van der Waals surface area contributed by atoms with Gasteiger partial charge < -0.3 is 0 Å². The third-order valence-electron chi connectivity index (χ3n) is 6.80. The average molecular weight is 510 g/mol. The molecule has 1 fully saturated rings. The monoisotopic (exact) mass is 509 g/mol. The maximum atomic E-state index is 13.1. The van der Waals surface area contributed by atoms with Gasteiger partial charge in [-0.3, -0.25) is 4.90 Å². The summed E-state index contributed by atoms with van der Waals surface area (Å²) in [7, 11) is -3.81. The number of aryl methyl sites for hydroxylation is 3. The van der Waals surface area contributed by atoms with E-state index >= 15 is 0 Å². The van der Waals surface area contributed by atoms with Gasteiger partial charge >= 0.3 is 0 Å². The lowest BCUT2D eigenvalue weighted by atomic mass is 10.0. The van der Waals surface area contributed by atoms with Gasteiger partial charge in [0.1, 0.15) is 0 Å². The summed E-state index contributed by atoms with van der Waals surface area (Å²) in [6.07, 6.45) is 0. The summed E-state index contributed by atoms with van der Waals surface area (Å²) >= 11 is 0. The van der Waals surface area contributed by atoms with Gasteiger partial charge in [-0.1, -0.05) is 108 Å². The highest BCUT2D eigenvalue weighted by Gasteiger charge is 2.51. The highest BCUT2D eigenvalue weighted by atomic mass is 32.2. The van der Waals surface area contributed by atoms with Crippen LogP contribution in [0.3, 0.4) is 0 Å². The topological polar surface area (TPSA) is 61.5 Å². The van der Waals surface area contributed by atoms with E-state index < -0.39 is 10.0 Å². The van der Waals surface area contributed by atoms with E-state index in [2.05, 4.69) is 58.2 Å². The molecular weight excluding hydrogens is 478 g/mol. The Morgan fingerprint density at radius 1 is 0.757 bits per heavy atom. The molecule has 0 saturated carbocycles. The Balaban J connectivity index is 1.53. The molecule has 5 rings (SSSR count). The summed E-state index contributed by atoms with van der Waals surface area (Å²) in [5.41, 5.74) is 7.33. The average Bonchev–Trinajstić information content (AvgIpc) is 3.59. The molecule has 1 saturated heterocycles. The van der Waals surface area contributed by atoms with Crippen molar-refractivity contribution in [1.82, 2.24) is 9.73 Å². The Morgan fingerprint density at radius 3 is 1.89 bits per heavy atom. The minimum absolute atomic E-state index is 0.0775. The maximum absolute atomic E-state index is 13.1. The van der Waals surface area contributed by atoms with Crippen molar-refractivity contribution < 1.29 is 8.42 Å². The second-order valence-electron chi connectivity index (χ2n) is 9.73. The second kappa shape index (κ2) is 10.3. The van der Waals surface area contributed by atoms with E-state index in [0.717, 1.165) is 23.2 Å². The number of rotatable bonds is 8. The predicted molar refractivity (Wildman–Crippen MR) is 149 cm³/mol. The molecule has 37 heavy (non-hydrogen) atoms. The van der Waals surface area contributed by atoms with Gasteiger partial charge in [0.05, 0.1) is 22.7 Å². The minimum Gasteiger partial charge on any atom is -0.280 e. The molecule has 6 heteroatoms. The quantitative estimate of drug-likeness (QED) is 0.182. The second-order valence-corrected chi connectivity index (χ2v) is 11.4. The van der Waals surface area contributed by atoms with Crippen LogP contribution in [-0.2, 0) is 16.6 Å². The molecule has 5 nitrogen and oxygen atoms in total. The van der Waals surface area contributed by atoms with Crippen LogP contribution in [0.25, 0.3) is 0 Å². The molecule has 0 spiro atoms. The number of nitrogens with zero attached hydrogens (tertiary/aromatic N) is 2. The van der Waals surface area contributed by atoms with Gasteiger partial charge in [-0.2, -0.15) is 18.4 Å².